The Morgan fingerprint density at radius 1 is 1.03 bits per heavy atom. The Morgan fingerprint density at radius 3 is 2.53 bits per heavy atom. The van der Waals surface area contributed by atoms with Crippen LogP contribution in [-0.2, 0) is 11.2 Å². The third-order valence-electron chi connectivity index (χ3n) is 4.58. The molecule has 0 unspecified atom stereocenters. The van der Waals surface area contributed by atoms with Gasteiger partial charge in [-0.15, -0.1) is 11.3 Å². The maximum absolute atomic E-state index is 13.3. The number of para-hydroxylation sites is 1. The summed E-state index contributed by atoms with van der Waals surface area (Å²) in [6.07, 6.45) is 0.206. The number of amides is 1. The van der Waals surface area contributed by atoms with Gasteiger partial charge in [0.15, 0.2) is 5.13 Å². The predicted octanol–water partition coefficient (Wildman–Crippen LogP) is 5.87. The normalized spacial score (nSPS) is 10.6. The molecule has 0 bridgehead atoms. The van der Waals surface area contributed by atoms with Gasteiger partial charge in [-0.1, -0.05) is 30.3 Å². The molecule has 0 aliphatic heterocycles. The highest BCUT2D eigenvalue weighted by molar-refractivity contribution is 7.14. The van der Waals surface area contributed by atoms with E-state index >= 15 is 0 Å². The number of rotatable bonds is 6. The number of halogens is 1. The van der Waals surface area contributed by atoms with Crippen LogP contribution in [0.4, 0.5) is 15.2 Å². The number of nitrogens with zero attached hydrogens (tertiary/aromatic N) is 2. The Hall–Kier alpha value is -3.51. The fourth-order valence-electron chi connectivity index (χ4n) is 3.09. The lowest BCUT2D eigenvalue weighted by atomic mass is 10.1. The second kappa shape index (κ2) is 8.88. The molecule has 0 fully saturated rings. The molecule has 150 valence electrons. The summed E-state index contributed by atoms with van der Waals surface area (Å²) in [6.45, 7) is 0. The molecular weight excluding hydrogens is 399 g/mol. The number of benzene rings is 3. The van der Waals surface area contributed by atoms with Crippen LogP contribution in [0.2, 0.25) is 0 Å². The Balaban J connectivity index is 1.67. The van der Waals surface area contributed by atoms with Crippen molar-refractivity contribution in [2.45, 2.75) is 6.42 Å². The lowest BCUT2D eigenvalue weighted by molar-refractivity contribution is -0.117. The molecule has 0 aliphatic rings. The summed E-state index contributed by atoms with van der Waals surface area (Å²) in [5.74, 6) is 0.308. The molecule has 1 amide bonds. The smallest absolute Gasteiger partial charge is 0.237 e. The summed E-state index contributed by atoms with van der Waals surface area (Å²) in [5.41, 5.74) is 3.10. The van der Waals surface area contributed by atoms with Gasteiger partial charge in [-0.2, -0.15) is 0 Å². The van der Waals surface area contributed by atoms with E-state index in [2.05, 4.69) is 4.98 Å². The molecule has 3 aromatic carbocycles. The zero-order chi connectivity index (χ0) is 20.9. The van der Waals surface area contributed by atoms with E-state index in [0.717, 1.165) is 16.8 Å². The molecule has 0 atom stereocenters. The van der Waals surface area contributed by atoms with Gasteiger partial charge >= 0.3 is 0 Å². The molecule has 4 rings (SSSR count). The van der Waals surface area contributed by atoms with E-state index in [1.807, 2.05) is 60.0 Å². The number of carbonyl (C=O) groups excluding carboxylic acids is 1. The zero-order valence-electron chi connectivity index (χ0n) is 16.3. The van der Waals surface area contributed by atoms with Gasteiger partial charge in [-0.05, 0) is 54.1 Å². The highest BCUT2D eigenvalue weighted by atomic mass is 32.1. The molecule has 1 heterocycles. The van der Waals surface area contributed by atoms with E-state index in [0.29, 0.717) is 16.6 Å². The van der Waals surface area contributed by atoms with Gasteiger partial charge in [-0.25, -0.2) is 9.37 Å². The molecule has 0 saturated heterocycles. The van der Waals surface area contributed by atoms with E-state index in [-0.39, 0.29) is 18.1 Å². The predicted molar refractivity (Wildman–Crippen MR) is 118 cm³/mol. The highest BCUT2D eigenvalue weighted by Crippen LogP contribution is 2.33. The van der Waals surface area contributed by atoms with Gasteiger partial charge in [0.1, 0.15) is 11.6 Å². The fourth-order valence-corrected chi connectivity index (χ4v) is 3.96. The third kappa shape index (κ3) is 4.39. The van der Waals surface area contributed by atoms with Gasteiger partial charge in [0.05, 0.1) is 24.9 Å². The van der Waals surface area contributed by atoms with Crippen LogP contribution in [0.3, 0.4) is 0 Å². The van der Waals surface area contributed by atoms with Crippen molar-refractivity contribution in [3.8, 4) is 17.0 Å². The number of hydrogen-bond acceptors (Lipinski definition) is 4. The van der Waals surface area contributed by atoms with Crippen LogP contribution in [0.1, 0.15) is 5.56 Å². The topological polar surface area (TPSA) is 42.4 Å². The molecule has 4 nitrogen and oxygen atoms in total. The van der Waals surface area contributed by atoms with Crippen molar-refractivity contribution < 1.29 is 13.9 Å². The van der Waals surface area contributed by atoms with Crippen molar-refractivity contribution in [3.05, 3.63) is 95.6 Å². The van der Waals surface area contributed by atoms with E-state index in [9.17, 15) is 9.18 Å². The van der Waals surface area contributed by atoms with Gasteiger partial charge in [0, 0.05) is 10.9 Å². The van der Waals surface area contributed by atoms with Crippen molar-refractivity contribution in [1.82, 2.24) is 4.98 Å². The number of carbonyl (C=O) groups is 1. The number of thiazole rings is 1. The van der Waals surface area contributed by atoms with E-state index in [1.54, 1.807) is 24.1 Å². The molecule has 0 spiro atoms. The number of anilines is 2. The van der Waals surface area contributed by atoms with E-state index < -0.39 is 0 Å². The maximum Gasteiger partial charge on any atom is 0.237 e. The summed E-state index contributed by atoms with van der Waals surface area (Å²) in [7, 11) is 1.60. The summed E-state index contributed by atoms with van der Waals surface area (Å²) in [5, 5.41) is 2.44. The molecule has 0 aliphatic carbocycles. The molecule has 0 saturated carbocycles. The minimum Gasteiger partial charge on any atom is -0.497 e. The first-order chi connectivity index (χ1) is 14.6. The second-order valence-corrected chi connectivity index (χ2v) is 7.45. The molecular formula is C24H19FN2O2S. The van der Waals surface area contributed by atoms with Crippen molar-refractivity contribution >= 4 is 28.1 Å². The summed E-state index contributed by atoms with van der Waals surface area (Å²) in [4.78, 5) is 19.6. The molecule has 1 aromatic heterocycles. The van der Waals surface area contributed by atoms with Crippen molar-refractivity contribution in [1.29, 1.82) is 0 Å². The molecule has 4 aromatic rings. The molecule has 6 heteroatoms. The Kier molecular flexibility index (Phi) is 5.86. The quantitative estimate of drug-likeness (QED) is 0.394. The van der Waals surface area contributed by atoms with E-state index in [1.165, 1.54) is 23.5 Å². The number of hydrogen-bond donors (Lipinski definition) is 0. The first-order valence-corrected chi connectivity index (χ1v) is 10.2. The average Bonchev–Trinajstić information content (AvgIpc) is 3.25. The Labute approximate surface area is 178 Å². The Bertz CT molecular complexity index is 1140. The van der Waals surface area contributed by atoms with Gasteiger partial charge < -0.3 is 4.74 Å². The number of aromatic nitrogens is 1. The van der Waals surface area contributed by atoms with Crippen LogP contribution >= 0.6 is 11.3 Å². The summed E-state index contributed by atoms with van der Waals surface area (Å²) >= 11 is 1.37. The largest absolute Gasteiger partial charge is 0.497 e. The van der Waals surface area contributed by atoms with Gasteiger partial charge in [0.2, 0.25) is 5.91 Å². The highest BCUT2D eigenvalue weighted by Gasteiger charge is 2.22. The minimum absolute atomic E-state index is 0.102. The zero-order valence-corrected chi connectivity index (χ0v) is 17.1. The van der Waals surface area contributed by atoms with Crippen molar-refractivity contribution in [2.24, 2.45) is 0 Å². The SMILES string of the molecule is COc1cccc(CC(=O)N(c2ccccc2)c2nc(-c3ccc(F)cc3)cs2)c1. The second-order valence-electron chi connectivity index (χ2n) is 6.62. The van der Waals surface area contributed by atoms with Crippen LogP contribution in [0.5, 0.6) is 5.75 Å². The lowest BCUT2D eigenvalue weighted by Crippen LogP contribution is -2.27. The van der Waals surface area contributed by atoms with Crippen molar-refractivity contribution in [2.75, 3.05) is 12.0 Å². The Morgan fingerprint density at radius 2 is 1.80 bits per heavy atom. The van der Waals surface area contributed by atoms with Gasteiger partial charge in [-0.3, -0.25) is 9.69 Å². The monoisotopic (exact) mass is 418 g/mol. The maximum atomic E-state index is 13.3. The van der Waals surface area contributed by atoms with Crippen LogP contribution in [0.15, 0.2) is 84.2 Å². The number of ether oxygens (including phenoxy) is 1. The lowest BCUT2D eigenvalue weighted by Gasteiger charge is -2.20. The standard InChI is InChI=1S/C24H19FN2O2S/c1-29-21-9-5-6-17(14-21)15-23(28)27(20-7-3-2-4-8-20)24-26-22(16-30-24)18-10-12-19(25)13-11-18/h2-14,16H,15H2,1H3. The number of methoxy groups -OCH3 is 1. The fraction of sp³-hybridized carbons (Fsp3) is 0.0833. The van der Waals surface area contributed by atoms with Crippen molar-refractivity contribution in [3.63, 3.8) is 0 Å². The average molecular weight is 418 g/mol. The van der Waals surface area contributed by atoms with Crippen LogP contribution < -0.4 is 9.64 Å². The summed E-state index contributed by atoms with van der Waals surface area (Å²) < 4.78 is 18.5. The minimum atomic E-state index is -0.298. The third-order valence-corrected chi connectivity index (χ3v) is 5.40. The molecule has 0 N–H and O–H groups in total. The first-order valence-electron chi connectivity index (χ1n) is 9.36. The molecule has 30 heavy (non-hydrogen) atoms. The first kappa shape index (κ1) is 19.8. The molecule has 0 radical (unpaired) electrons. The van der Waals surface area contributed by atoms with Crippen LogP contribution in [0, 0.1) is 5.82 Å². The summed E-state index contributed by atoms with van der Waals surface area (Å²) in [6, 6.07) is 23.0. The van der Waals surface area contributed by atoms with Crippen LogP contribution in [0.25, 0.3) is 11.3 Å². The van der Waals surface area contributed by atoms with Gasteiger partial charge in [0.25, 0.3) is 0 Å². The van der Waals surface area contributed by atoms with Crippen LogP contribution in [-0.4, -0.2) is 18.0 Å². The van der Waals surface area contributed by atoms with E-state index in [4.69, 9.17) is 4.74 Å².